The molecule has 0 amide bonds. The first kappa shape index (κ1) is 17.0. The van der Waals surface area contributed by atoms with Crippen LogP contribution in [-0.4, -0.2) is 63.6 Å². The van der Waals surface area contributed by atoms with Crippen molar-refractivity contribution in [3.05, 3.63) is 0 Å². The predicted molar refractivity (Wildman–Crippen MR) is 61.5 cm³/mol. The zero-order valence-corrected chi connectivity index (χ0v) is 14.0. The number of hydrogen-bond acceptors (Lipinski definition) is 3. The molecule has 0 saturated heterocycles. The Balaban J connectivity index is 0. The van der Waals surface area contributed by atoms with Crippen molar-refractivity contribution in [1.82, 2.24) is 0 Å². The molecule has 0 aromatic carbocycles. The second-order valence-corrected chi connectivity index (χ2v) is 7.97. The Labute approximate surface area is 128 Å². The van der Waals surface area contributed by atoms with E-state index in [4.69, 9.17) is 20.9 Å². The van der Waals surface area contributed by atoms with Crippen LogP contribution in [0.1, 0.15) is 27.7 Å². The fourth-order valence-electron chi connectivity index (χ4n) is 0.558. The number of thiol groups is 1. The summed E-state index contributed by atoms with van der Waals surface area (Å²) in [6.07, 6.45) is 0.161. The zero-order chi connectivity index (χ0) is 9.07. The Morgan fingerprint density at radius 3 is 1.50 bits per heavy atom. The third kappa shape index (κ3) is 10.6. The van der Waals surface area contributed by atoms with Gasteiger partial charge in [0.2, 0.25) is 5.69 Å². The fraction of sp³-hybridized carbons (Fsp3) is 1.00. The van der Waals surface area contributed by atoms with Crippen LogP contribution >= 0.6 is 17.9 Å². The molecule has 0 saturated carbocycles. The Morgan fingerprint density at radius 2 is 1.33 bits per heavy atom. The molecule has 0 aliphatic heterocycles. The largest absolute Gasteiger partial charge is 0.319 e. The molecule has 0 atom stereocenters. The van der Waals surface area contributed by atoms with E-state index in [0.717, 1.165) is 0 Å². The van der Waals surface area contributed by atoms with Gasteiger partial charge in [-0.25, -0.2) is 0 Å². The van der Waals surface area contributed by atoms with Gasteiger partial charge in [-0.1, -0.05) is 12.2 Å². The summed E-state index contributed by atoms with van der Waals surface area (Å²) >= 11 is 9.17. The van der Waals surface area contributed by atoms with Crippen molar-refractivity contribution in [2.75, 3.05) is 0 Å². The third-order valence-electron chi connectivity index (χ3n) is 0.688. The van der Waals surface area contributed by atoms with Gasteiger partial charge in [-0.15, -0.1) is 0 Å². The summed E-state index contributed by atoms with van der Waals surface area (Å²) in [7, 11) is 0. The topological polar surface area (TPSA) is 18.5 Å². The molecule has 0 aromatic heterocycles. The molecule has 0 heterocycles. The molecule has 0 aliphatic carbocycles. The van der Waals surface area contributed by atoms with Crippen molar-refractivity contribution in [2.24, 2.45) is 0 Å². The maximum Gasteiger partial charge on any atom is 0.244 e. The molecule has 12 heavy (non-hydrogen) atoms. The maximum absolute atomic E-state index is 5.32. The van der Waals surface area contributed by atoms with E-state index in [-0.39, 0.29) is 63.6 Å². The van der Waals surface area contributed by atoms with E-state index in [9.17, 15) is 0 Å². The Morgan fingerprint density at radius 1 is 1.08 bits per heavy atom. The molecule has 0 aromatic rings. The SMILES string of the molecule is CC(C)OP(=S)(S)OC(C)C.[K]. The van der Waals surface area contributed by atoms with Crippen LogP contribution in [0.2, 0.25) is 0 Å². The summed E-state index contributed by atoms with van der Waals surface area (Å²) < 4.78 is 10.6. The van der Waals surface area contributed by atoms with Crippen molar-refractivity contribution in [2.45, 2.75) is 39.9 Å². The number of hydrogen-bond donors (Lipinski definition) is 1. The molecule has 2 nitrogen and oxygen atoms in total. The summed E-state index contributed by atoms with van der Waals surface area (Å²) in [5.41, 5.74) is -2.28. The van der Waals surface area contributed by atoms with Crippen molar-refractivity contribution >= 4 is 81.1 Å². The van der Waals surface area contributed by atoms with Crippen LogP contribution in [0.3, 0.4) is 0 Å². The van der Waals surface area contributed by atoms with Gasteiger partial charge in [-0.2, -0.15) is 0 Å². The monoisotopic (exact) mass is 253 g/mol. The Kier molecular flexibility index (Phi) is 11.0. The van der Waals surface area contributed by atoms with Gasteiger partial charge in [0, 0.05) is 51.4 Å². The fourth-order valence-corrected chi connectivity index (χ4v) is 3.84. The molecule has 0 N–H and O–H groups in total. The molecular formula is C6H15KO2PS2. The minimum absolute atomic E-state index is 0. The molecule has 0 spiro atoms. The van der Waals surface area contributed by atoms with Crippen LogP contribution in [-0.2, 0) is 20.9 Å². The van der Waals surface area contributed by atoms with Gasteiger partial charge in [0.15, 0.2) is 0 Å². The summed E-state index contributed by atoms with van der Waals surface area (Å²) in [4.78, 5) is 0. The van der Waals surface area contributed by atoms with Gasteiger partial charge < -0.3 is 9.05 Å². The molecule has 1 radical (unpaired) electrons. The van der Waals surface area contributed by atoms with Crippen LogP contribution in [0.4, 0.5) is 0 Å². The van der Waals surface area contributed by atoms with Gasteiger partial charge in [0.1, 0.15) is 0 Å². The third-order valence-corrected chi connectivity index (χ3v) is 3.15. The molecule has 69 valence electrons. The van der Waals surface area contributed by atoms with Crippen LogP contribution < -0.4 is 0 Å². The molecule has 6 heteroatoms. The average Bonchev–Trinajstić information content (AvgIpc) is 1.53. The van der Waals surface area contributed by atoms with Crippen molar-refractivity contribution in [3.63, 3.8) is 0 Å². The van der Waals surface area contributed by atoms with Gasteiger partial charge in [0.05, 0.1) is 12.2 Å². The molecule has 0 rings (SSSR count). The van der Waals surface area contributed by atoms with Crippen molar-refractivity contribution < 1.29 is 9.05 Å². The average molecular weight is 253 g/mol. The van der Waals surface area contributed by atoms with Gasteiger partial charge >= 0.3 is 0 Å². The van der Waals surface area contributed by atoms with E-state index in [1.165, 1.54) is 0 Å². The Bertz CT molecular complexity index is 150. The minimum atomic E-state index is -2.28. The van der Waals surface area contributed by atoms with Crippen LogP contribution in [0.15, 0.2) is 0 Å². The van der Waals surface area contributed by atoms with E-state index in [1.54, 1.807) is 0 Å². The van der Waals surface area contributed by atoms with Crippen molar-refractivity contribution in [3.8, 4) is 0 Å². The smallest absolute Gasteiger partial charge is 0.244 e. The van der Waals surface area contributed by atoms with E-state index >= 15 is 0 Å². The summed E-state index contributed by atoms with van der Waals surface area (Å²) in [6.45, 7) is 7.67. The van der Waals surface area contributed by atoms with E-state index in [0.29, 0.717) is 0 Å². The first-order valence-electron chi connectivity index (χ1n) is 3.53. The predicted octanol–water partition coefficient (Wildman–Crippen LogP) is 2.61. The maximum atomic E-state index is 5.32. The second kappa shape index (κ2) is 7.80. The summed E-state index contributed by atoms with van der Waals surface area (Å²) in [5, 5.41) is 0. The van der Waals surface area contributed by atoms with Crippen molar-refractivity contribution in [1.29, 1.82) is 0 Å². The Hall–Kier alpha value is 2.56. The zero-order valence-electron chi connectivity index (χ0n) is 8.27. The minimum Gasteiger partial charge on any atom is -0.319 e. The van der Waals surface area contributed by atoms with E-state index in [1.807, 2.05) is 27.7 Å². The van der Waals surface area contributed by atoms with Crippen LogP contribution in [0.5, 0.6) is 0 Å². The van der Waals surface area contributed by atoms with Gasteiger partial charge in [-0.3, -0.25) is 0 Å². The second-order valence-electron chi connectivity index (χ2n) is 2.78. The molecule has 0 fully saturated rings. The normalized spacial score (nSPS) is 11.9. The van der Waals surface area contributed by atoms with E-state index in [2.05, 4.69) is 12.2 Å². The van der Waals surface area contributed by atoms with E-state index < -0.39 is 5.69 Å². The molecule has 0 aliphatic rings. The van der Waals surface area contributed by atoms with Gasteiger partial charge in [0.25, 0.3) is 0 Å². The molecule has 0 unspecified atom stereocenters. The standard InChI is InChI=1S/C6H15O2PS2.K/c1-5(2)7-9(10,11)8-6(3)4;/h5-6H,1-4H3,(H,10,11);. The quantitative estimate of drug-likeness (QED) is 0.472. The first-order valence-corrected chi connectivity index (χ1v) is 7.32. The van der Waals surface area contributed by atoms with Gasteiger partial charge in [-0.05, 0) is 39.5 Å². The van der Waals surface area contributed by atoms with Crippen LogP contribution in [0.25, 0.3) is 0 Å². The summed E-state index contributed by atoms with van der Waals surface area (Å²) in [5.74, 6) is 0. The molecular weight excluding hydrogens is 238 g/mol. The molecule has 0 bridgehead atoms. The van der Waals surface area contributed by atoms with Crippen LogP contribution in [0, 0.1) is 0 Å². The summed E-state index contributed by atoms with van der Waals surface area (Å²) in [6, 6.07) is 0. The number of rotatable bonds is 4. The first-order chi connectivity index (χ1) is 4.83.